The van der Waals surface area contributed by atoms with Gasteiger partial charge in [0.05, 0.1) is 7.11 Å². The summed E-state index contributed by atoms with van der Waals surface area (Å²) in [5.41, 5.74) is 0.732. The van der Waals surface area contributed by atoms with Crippen LogP contribution in [-0.2, 0) is 11.2 Å². The highest BCUT2D eigenvalue weighted by Crippen LogP contribution is 2.11. The predicted molar refractivity (Wildman–Crippen MR) is 120 cm³/mol. The van der Waals surface area contributed by atoms with Gasteiger partial charge in [-0.15, -0.1) is 24.0 Å². The van der Waals surface area contributed by atoms with Crippen molar-refractivity contribution in [3.8, 4) is 5.75 Å². The van der Waals surface area contributed by atoms with E-state index in [-0.39, 0.29) is 30.1 Å². The Morgan fingerprint density at radius 2 is 1.74 bits per heavy atom. The lowest BCUT2D eigenvalue weighted by Gasteiger charge is -2.24. The molecule has 154 valence electrons. The van der Waals surface area contributed by atoms with Crippen LogP contribution in [0.1, 0.15) is 26.3 Å². The van der Waals surface area contributed by atoms with Crippen molar-refractivity contribution in [2.75, 3.05) is 40.8 Å². The topological polar surface area (TPSA) is 75.2 Å². The molecule has 1 aromatic rings. The quantitative estimate of drug-likeness (QED) is 0.348. The van der Waals surface area contributed by atoms with Gasteiger partial charge in [0.15, 0.2) is 5.96 Å². The molecule has 0 fully saturated rings. The van der Waals surface area contributed by atoms with E-state index in [1.165, 1.54) is 5.56 Å². The number of hydrogen-bond donors (Lipinski definition) is 2. The monoisotopic (exact) mass is 492 g/mol. The number of likely N-dealkylation sites (N-methyl/N-ethyl adjacent to an activating group) is 1. The maximum absolute atomic E-state index is 11.9. The lowest BCUT2D eigenvalue weighted by Crippen LogP contribution is -2.43. The summed E-state index contributed by atoms with van der Waals surface area (Å²) in [7, 11) is 5.10. The van der Waals surface area contributed by atoms with E-state index in [1.54, 1.807) is 26.1 Å². The van der Waals surface area contributed by atoms with Crippen molar-refractivity contribution in [3.63, 3.8) is 0 Å². The predicted octanol–water partition coefficient (Wildman–Crippen LogP) is 2.89. The molecule has 27 heavy (non-hydrogen) atoms. The van der Waals surface area contributed by atoms with Gasteiger partial charge in [0.25, 0.3) is 0 Å². The lowest BCUT2D eigenvalue weighted by atomic mass is 10.1. The van der Waals surface area contributed by atoms with Gasteiger partial charge in [0.2, 0.25) is 0 Å². The molecule has 1 amide bonds. The van der Waals surface area contributed by atoms with Crippen molar-refractivity contribution in [1.82, 2.24) is 15.5 Å². The number of carbonyl (C=O) groups is 1. The molecule has 0 atom stereocenters. The van der Waals surface area contributed by atoms with Crippen molar-refractivity contribution in [2.45, 2.75) is 32.8 Å². The van der Waals surface area contributed by atoms with Crippen LogP contribution in [-0.4, -0.2) is 63.4 Å². The Morgan fingerprint density at radius 1 is 1.15 bits per heavy atom. The molecule has 0 aromatic heterocycles. The summed E-state index contributed by atoms with van der Waals surface area (Å²) >= 11 is 0. The van der Waals surface area contributed by atoms with Crippen molar-refractivity contribution in [2.24, 2.45) is 4.99 Å². The molecule has 0 radical (unpaired) electrons. The number of carbonyl (C=O) groups excluding carboxylic acids is 1. The largest absolute Gasteiger partial charge is 0.497 e. The van der Waals surface area contributed by atoms with Gasteiger partial charge in [-0.05, 0) is 44.9 Å². The van der Waals surface area contributed by atoms with Crippen molar-refractivity contribution in [1.29, 1.82) is 0 Å². The van der Waals surface area contributed by atoms with Crippen LogP contribution in [0, 0.1) is 0 Å². The highest BCUT2D eigenvalue weighted by Gasteiger charge is 2.19. The molecule has 0 saturated carbocycles. The third-order valence-corrected chi connectivity index (χ3v) is 3.53. The fraction of sp³-hybridized carbons (Fsp3) is 0.579. The average molecular weight is 492 g/mol. The molecule has 0 bridgehead atoms. The third kappa shape index (κ3) is 10.9. The highest BCUT2D eigenvalue weighted by molar-refractivity contribution is 14.0. The first-order chi connectivity index (χ1) is 12.2. The van der Waals surface area contributed by atoms with Crippen LogP contribution >= 0.6 is 24.0 Å². The molecule has 0 heterocycles. The molecule has 2 N–H and O–H groups in total. The first-order valence-corrected chi connectivity index (χ1v) is 8.76. The van der Waals surface area contributed by atoms with E-state index in [0.29, 0.717) is 19.0 Å². The maximum Gasteiger partial charge on any atom is 0.410 e. The summed E-state index contributed by atoms with van der Waals surface area (Å²) in [4.78, 5) is 17.6. The normalized spacial score (nSPS) is 11.3. The zero-order chi connectivity index (χ0) is 19.6. The Morgan fingerprint density at radius 3 is 2.26 bits per heavy atom. The van der Waals surface area contributed by atoms with Gasteiger partial charge >= 0.3 is 6.09 Å². The van der Waals surface area contributed by atoms with Gasteiger partial charge in [-0.1, -0.05) is 12.1 Å². The SMILES string of the molecule is CN=C(NCCc1ccc(OC)cc1)NCCN(C)C(=O)OC(C)(C)C.I. The second kappa shape index (κ2) is 12.6. The minimum absolute atomic E-state index is 0. The molecule has 0 saturated heterocycles. The van der Waals surface area contributed by atoms with Crippen LogP contribution in [0.4, 0.5) is 4.79 Å². The molecule has 1 aromatic carbocycles. The van der Waals surface area contributed by atoms with Crippen molar-refractivity contribution < 1.29 is 14.3 Å². The first-order valence-electron chi connectivity index (χ1n) is 8.76. The number of rotatable bonds is 7. The van der Waals surface area contributed by atoms with Crippen LogP contribution in [0.2, 0.25) is 0 Å². The molecule has 0 aliphatic rings. The fourth-order valence-electron chi connectivity index (χ4n) is 2.11. The van der Waals surface area contributed by atoms with E-state index in [9.17, 15) is 4.79 Å². The molecular formula is C19H33IN4O3. The van der Waals surface area contributed by atoms with Crippen LogP contribution in [0.5, 0.6) is 5.75 Å². The van der Waals surface area contributed by atoms with E-state index in [4.69, 9.17) is 9.47 Å². The number of amides is 1. The van der Waals surface area contributed by atoms with E-state index >= 15 is 0 Å². The number of nitrogens with one attached hydrogen (secondary N) is 2. The number of ether oxygens (including phenoxy) is 2. The number of guanidine groups is 1. The van der Waals surface area contributed by atoms with Crippen LogP contribution in [0.15, 0.2) is 29.3 Å². The molecule has 0 spiro atoms. The van der Waals surface area contributed by atoms with Gasteiger partial charge in [-0.25, -0.2) is 4.79 Å². The number of nitrogens with zero attached hydrogens (tertiary/aromatic N) is 2. The minimum Gasteiger partial charge on any atom is -0.497 e. The molecule has 0 unspecified atom stereocenters. The van der Waals surface area contributed by atoms with Crippen LogP contribution in [0.3, 0.4) is 0 Å². The molecule has 1 rings (SSSR count). The number of benzene rings is 1. The molecular weight excluding hydrogens is 459 g/mol. The van der Waals surface area contributed by atoms with Crippen LogP contribution in [0.25, 0.3) is 0 Å². The molecule has 0 aliphatic carbocycles. The standard InChI is InChI=1S/C19H32N4O3.HI/c1-19(2,3)26-18(24)23(5)14-13-22-17(20-4)21-12-11-15-7-9-16(25-6)10-8-15;/h7-10H,11-14H2,1-6H3,(H2,20,21,22);1H. The second-order valence-corrected chi connectivity index (χ2v) is 6.93. The van der Waals surface area contributed by atoms with E-state index in [2.05, 4.69) is 15.6 Å². The van der Waals surface area contributed by atoms with Crippen LogP contribution < -0.4 is 15.4 Å². The minimum atomic E-state index is -0.488. The number of hydrogen-bond acceptors (Lipinski definition) is 4. The van der Waals surface area contributed by atoms with E-state index in [1.807, 2.05) is 45.0 Å². The summed E-state index contributed by atoms with van der Waals surface area (Å²) in [5, 5.41) is 6.45. The molecule has 7 nitrogen and oxygen atoms in total. The number of methoxy groups -OCH3 is 1. The smallest absolute Gasteiger partial charge is 0.410 e. The first kappa shape index (κ1) is 25.3. The third-order valence-electron chi connectivity index (χ3n) is 3.53. The number of aliphatic imine (C=N–C) groups is 1. The van der Waals surface area contributed by atoms with Gasteiger partial charge in [0, 0.05) is 33.7 Å². The Labute approximate surface area is 179 Å². The van der Waals surface area contributed by atoms with Gasteiger partial charge in [0.1, 0.15) is 11.4 Å². The maximum atomic E-state index is 11.9. The molecule has 8 heteroatoms. The fourth-order valence-corrected chi connectivity index (χ4v) is 2.11. The highest BCUT2D eigenvalue weighted by atomic mass is 127. The van der Waals surface area contributed by atoms with Gasteiger partial charge in [-0.3, -0.25) is 4.99 Å². The van der Waals surface area contributed by atoms with E-state index in [0.717, 1.165) is 18.7 Å². The summed E-state index contributed by atoms with van der Waals surface area (Å²) < 4.78 is 10.5. The van der Waals surface area contributed by atoms with Gasteiger partial charge < -0.3 is 25.0 Å². The summed E-state index contributed by atoms with van der Waals surface area (Å²) in [5.74, 6) is 1.56. The Bertz CT molecular complexity index is 586. The average Bonchev–Trinajstić information content (AvgIpc) is 2.59. The van der Waals surface area contributed by atoms with Crippen molar-refractivity contribution >= 4 is 36.0 Å². The summed E-state index contributed by atoms with van der Waals surface area (Å²) in [6.07, 6.45) is 0.546. The number of halogens is 1. The van der Waals surface area contributed by atoms with Crippen molar-refractivity contribution in [3.05, 3.63) is 29.8 Å². The lowest BCUT2D eigenvalue weighted by molar-refractivity contribution is 0.0302. The second-order valence-electron chi connectivity index (χ2n) is 6.93. The summed E-state index contributed by atoms with van der Waals surface area (Å²) in [6.45, 7) is 7.42. The Hall–Kier alpha value is -1.71. The van der Waals surface area contributed by atoms with Gasteiger partial charge in [-0.2, -0.15) is 0 Å². The Kier molecular flexibility index (Phi) is 11.8. The molecule has 0 aliphatic heterocycles. The Balaban J connectivity index is 0.00000676. The zero-order valence-corrected chi connectivity index (χ0v) is 19.5. The van der Waals surface area contributed by atoms with E-state index < -0.39 is 5.60 Å². The summed E-state index contributed by atoms with van der Waals surface area (Å²) in [6, 6.07) is 8.00. The zero-order valence-electron chi connectivity index (χ0n) is 17.2.